The number of methoxy groups -OCH3 is 3. The molecule has 0 bridgehead atoms. The van der Waals surface area contributed by atoms with Gasteiger partial charge >= 0.3 is 5.97 Å². The topological polar surface area (TPSA) is 99.1 Å². The van der Waals surface area contributed by atoms with E-state index in [1.807, 2.05) is 0 Å². The third kappa shape index (κ3) is 3.05. The van der Waals surface area contributed by atoms with Crippen LogP contribution in [-0.4, -0.2) is 46.6 Å². The van der Waals surface area contributed by atoms with Crippen LogP contribution in [0.15, 0.2) is 22.6 Å². The SMILES string of the molecule is COc1ccc([C@H]2CC(C)=C3[C@H](CCS3(=O)=O)[C@H]2C(=O)O)c(OC)c1OC. The number of carbonyl (C=O) groups is 1. The predicted molar refractivity (Wildman–Crippen MR) is 99.2 cm³/mol. The van der Waals surface area contributed by atoms with Gasteiger partial charge in [-0.2, -0.15) is 0 Å². The van der Waals surface area contributed by atoms with Crippen LogP contribution >= 0.6 is 0 Å². The van der Waals surface area contributed by atoms with Gasteiger partial charge in [-0.1, -0.05) is 11.6 Å². The van der Waals surface area contributed by atoms with E-state index in [4.69, 9.17) is 14.2 Å². The van der Waals surface area contributed by atoms with Crippen LogP contribution < -0.4 is 14.2 Å². The number of fused-ring (bicyclic) bond motifs is 1. The molecule has 1 aromatic rings. The summed E-state index contributed by atoms with van der Waals surface area (Å²) in [5.74, 6) is -1.46. The van der Waals surface area contributed by atoms with Gasteiger partial charge in [0.2, 0.25) is 5.75 Å². The van der Waals surface area contributed by atoms with Crippen molar-refractivity contribution in [3.8, 4) is 17.2 Å². The van der Waals surface area contributed by atoms with Gasteiger partial charge in [-0.25, -0.2) is 8.42 Å². The van der Waals surface area contributed by atoms with Gasteiger partial charge in [-0.15, -0.1) is 0 Å². The standard InChI is InChI=1S/C19H24O7S/c1-10-9-13(11-5-6-14(24-2)17(26-4)16(11)25-3)15(19(20)21)12-7-8-27(22,23)18(10)12/h5-6,12-13,15H,7-9H2,1-4H3,(H,20,21)/t12-,13-,15-/m1/s1. The molecule has 3 rings (SSSR count). The molecule has 1 saturated heterocycles. The third-order valence-corrected chi connectivity index (χ3v) is 7.70. The van der Waals surface area contributed by atoms with Crippen LogP contribution in [0.25, 0.3) is 0 Å². The van der Waals surface area contributed by atoms with Crippen LogP contribution in [0.1, 0.15) is 31.2 Å². The lowest BCUT2D eigenvalue weighted by atomic mass is 9.69. The predicted octanol–water partition coefficient (Wildman–Crippen LogP) is 2.61. The average molecular weight is 396 g/mol. The Labute approximate surface area is 158 Å². The number of hydrogen-bond donors (Lipinski definition) is 1. The Balaban J connectivity index is 2.19. The molecule has 3 atom stereocenters. The molecule has 8 heteroatoms. The van der Waals surface area contributed by atoms with E-state index in [-0.39, 0.29) is 5.75 Å². The van der Waals surface area contributed by atoms with Crippen molar-refractivity contribution in [1.29, 1.82) is 0 Å². The Morgan fingerprint density at radius 1 is 1.07 bits per heavy atom. The Hall–Kier alpha value is -2.22. The van der Waals surface area contributed by atoms with Gasteiger partial charge < -0.3 is 19.3 Å². The van der Waals surface area contributed by atoms with Gasteiger partial charge in [0.05, 0.1) is 33.0 Å². The van der Waals surface area contributed by atoms with E-state index in [0.717, 1.165) is 5.57 Å². The minimum absolute atomic E-state index is 0.00388. The monoisotopic (exact) mass is 396 g/mol. The normalized spacial score (nSPS) is 26.4. The van der Waals surface area contributed by atoms with Gasteiger partial charge in [0.25, 0.3) is 0 Å². The number of allylic oxidation sites excluding steroid dienone is 2. The fourth-order valence-corrected chi connectivity index (χ4v) is 6.70. The molecule has 0 aromatic heterocycles. The summed E-state index contributed by atoms with van der Waals surface area (Å²) in [6.45, 7) is 1.78. The van der Waals surface area contributed by atoms with E-state index in [1.54, 1.807) is 19.1 Å². The van der Waals surface area contributed by atoms with E-state index in [9.17, 15) is 18.3 Å². The van der Waals surface area contributed by atoms with Crippen LogP contribution in [0.3, 0.4) is 0 Å². The molecule has 1 aliphatic heterocycles. The summed E-state index contributed by atoms with van der Waals surface area (Å²) in [6.07, 6.45) is 0.673. The summed E-state index contributed by atoms with van der Waals surface area (Å²) in [5, 5.41) is 9.95. The summed E-state index contributed by atoms with van der Waals surface area (Å²) >= 11 is 0. The maximum atomic E-state index is 12.4. The minimum Gasteiger partial charge on any atom is -0.493 e. The summed E-state index contributed by atoms with van der Waals surface area (Å²) in [5.41, 5.74) is 1.42. The molecule has 0 amide bonds. The zero-order chi connectivity index (χ0) is 19.9. The van der Waals surface area contributed by atoms with E-state index in [0.29, 0.717) is 40.6 Å². The highest BCUT2D eigenvalue weighted by atomic mass is 32.2. The first-order valence-electron chi connectivity index (χ1n) is 8.70. The summed E-state index contributed by atoms with van der Waals surface area (Å²) < 4.78 is 41.1. The van der Waals surface area contributed by atoms with Gasteiger partial charge in [-0.3, -0.25) is 4.79 Å². The molecular formula is C19H24O7S. The molecule has 1 N–H and O–H groups in total. The molecule has 1 heterocycles. The van der Waals surface area contributed by atoms with Gasteiger partial charge in [0.15, 0.2) is 21.3 Å². The van der Waals surface area contributed by atoms with Crippen LogP contribution in [0, 0.1) is 11.8 Å². The highest BCUT2D eigenvalue weighted by molar-refractivity contribution is 7.95. The van der Waals surface area contributed by atoms with Crippen molar-refractivity contribution in [3.05, 3.63) is 28.2 Å². The van der Waals surface area contributed by atoms with Gasteiger partial charge in [0, 0.05) is 22.3 Å². The molecule has 0 unspecified atom stereocenters. The summed E-state index contributed by atoms with van der Waals surface area (Å²) in [7, 11) is 1.13. The number of benzene rings is 1. The molecule has 148 valence electrons. The molecule has 1 aromatic carbocycles. The maximum absolute atomic E-state index is 12.4. The van der Waals surface area contributed by atoms with E-state index in [1.165, 1.54) is 21.3 Å². The zero-order valence-corrected chi connectivity index (χ0v) is 16.6. The smallest absolute Gasteiger partial charge is 0.307 e. The lowest BCUT2D eigenvalue weighted by molar-refractivity contribution is -0.144. The lowest BCUT2D eigenvalue weighted by Crippen LogP contribution is -2.34. The van der Waals surface area contributed by atoms with Crippen molar-refractivity contribution in [2.45, 2.75) is 25.7 Å². The lowest BCUT2D eigenvalue weighted by Gasteiger charge is -2.35. The Morgan fingerprint density at radius 2 is 1.74 bits per heavy atom. The van der Waals surface area contributed by atoms with Crippen molar-refractivity contribution < 1.29 is 32.5 Å². The van der Waals surface area contributed by atoms with Crippen molar-refractivity contribution >= 4 is 15.8 Å². The second-order valence-electron chi connectivity index (χ2n) is 6.96. The van der Waals surface area contributed by atoms with Crippen LogP contribution in [-0.2, 0) is 14.6 Å². The highest BCUT2D eigenvalue weighted by Crippen LogP contribution is 2.54. The number of aliphatic carboxylic acids is 1. The van der Waals surface area contributed by atoms with Crippen LogP contribution in [0.2, 0.25) is 0 Å². The van der Waals surface area contributed by atoms with Crippen molar-refractivity contribution in [2.75, 3.05) is 27.1 Å². The second kappa shape index (κ2) is 7.07. The van der Waals surface area contributed by atoms with Gasteiger partial charge in [0.1, 0.15) is 0 Å². The molecule has 1 aliphatic carbocycles. The highest BCUT2D eigenvalue weighted by Gasteiger charge is 2.50. The molecule has 7 nitrogen and oxygen atoms in total. The molecule has 0 saturated carbocycles. The van der Waals surface area contributed by atoms with Crippen LogP contribution in [0.4, 0.5) is 0 Å². The maximum Gasteiger partial charge on any atom is 0.307 e. The zero-order valence-electron chi connectivity index (χ0n) is 15.8. The van der Waals surface area contributed by atoms with E-state index in [2.05, 4.69) is 0 Å². The fourth-order valence-electron chi connectivity index (χ4n) is 4.58. The molecule has 0 radical (unpaired) electrons. The Kier molecular flexibility index (Phi) is 5.12. The molecule has 1 fully saturated rings. The van der Waals surface area contributed by atoms with E-state index >= 15 is 0 Å². The van der Waals surface area contributed by atoms with Crippen molar-refractivity contribution in [1.82, 2.24) is 0 Å². The first-order chi connectivity index (χ1) is 12.8. The number of rotatable bonds is 5. The van der Waals surface area contributed by atoms with Gasteiger partial charge in [-0.05, 0) is 25.8 Å². The summed E-state index contributed by atoms with van der Waals surface area (Å²) in [6, 6.07) is 3.50. The summed E-state index contributed by atoms with van der Waals surface area (Å²) in [4.78, 5) is 12.5. The number of hydrogen-bond acceptors (Lipinski definition) is 6. The molecule has 0 spiro atoms. The molecular weight excluding hydrogens is 372 g/mol. The number of sulfone groups is 1. The third-order valence-electron chi connectivity index (χ3n) is 5.60. The molecule has 2 aliphatic rings. The number of carboxylic acid groups (broad SMARTS) is 1. The first-order valence-corrected chi connectivity index (χ1v) is 10.4. The molecule has 27 heavy (non-hydrogen) atoms. The largest absolute Gasteiger partial charge is 0.493 e. The average Bonchev–Trinajstić information content (AvgIpc) is 2.95. The first kappa shape index (κ1) is 19.5. The van der Waals surface area contributed by atoms with E-state index < -0.39 is 33.6 Å². The fraction of sp³-hybridized carbons (Fsp3) is 0.526. The quantitative estimate of drug-likeness (QED) is 0.817. The minimum atomic E-state index is -3.37. The Morgan fingerprint density at radius 3 is 2.30 bits per heavy atom. The van der Waals surface area contributed by atoms with Crippen LogP contribution in [0.5, 0.6) is 17.2 Å². The van der Waals surface area contributed by atoms with Crippen molar-refractivity contribution in [2.24, 2.45) is 11.8 Å². The number of ether oxygens (including phenoxy) is 3. The second-order valence-corrected chi connectivity index (χ2v) is 9.03. The van der Waals surface area contributed by atoms with Crippen molar-refractivity contribution in [3.63, 3.8) is 0 Å². The number of carboxylic acids is 1. The Bertz CT molecular complexity index is 901.